The Morgan fingerprint density at radius 1 is 1.21 bits per heavy atom. The predicted octanol–water partition coefficient (Wildman–Crippen LogP) is 3.96. The molecule has 28 heavy (non-hydrogen) atoms. The number of aliphatic hydroxyl groups is 1. The maximum Gasteiger partial charge on any atom is 0.228 e. The number of amides is 1. The SMILES string of the molecule is O=C1Cc2cnc(Nc3cccc(CCCO)c3)nc2-c2ccc(Cl)cc2N1. The zero-order valence-corrected chi connectivity index (χ0v) is 15.8. The van der Waals surface area contributed by atoms with Gasteiger partial charge in [-0.05, 0) is 48.7 Å². The molecule has 6 nitrogen and oxygen atoms in total. The molecular weight excluding hydrogens is 376 g/mol. The number of hydrogen-bond donors (Lipinski definition) is 3. The van der Waals surface area contributed by atoms with Crippen LogP contribution in [0.15, 0.2) is 48.7 Å². The number of aromatic nitrogens is 2. The third-order valence-electron chi connectivity index (χ3n) is 4.53. The van der Waals surface area contributed by atoms with Crippen LogP contribution in [0.25, 0.3) is 11.3 Å². The molecule has 0 saturated carbocycles. The van der Waals surface area contributed by atoms with Crippen LogP contribution < -0.4 is 10.6 Å². The molecule has 142 valence electrons. The van der Waals surface area contributed by atoms with Gasteiger partial charge in [-0.2, -0.15) is 0 Å². The second kappa shape index (κ2) is 7.96. The summed E-state index contributed by atoms with van der Waals surface area (Å²) in [5.74, 6) is 0.330. The minimum Gasteiger partial charge on any atom is -0.396 e. The molecule has 1 aliphatic rings. The van der Waals surface area contributed by atoms with Crippen molar-refractivity contribution in [2.24, 2.45) is 0 Å². The first kappa shape index (κ1) is 18.4. The van der Waals surface area contributed by atoms with E-state index in [0.717, 1.165) is 35.2 Å². The summed E-state index contributed by atoms with van der Waals surface area (Å²) in [5, 5.41) is 15.7. The van der Waals surface area contributed by atoms with Crippen molar-refractivity contribution < 1.29 is 9.90 Å². The average molecular weight is 395 g/mol. The molecule has 1 aliphatic heterocycles. The zero-order chi connectivity index (χ0) is 19.5. The average Bonchev–Trinajstić information content (AvgIpc) is 2.81. The first-order chi connectivity index (χ1) is 13.6. The number of benzene rings is 2. The van der Waals surface area contributed by atoms with Crippen LogP contribution in [-0.2, 0) is 17.6 Å². The van der Waals surface area contributed by atoms with Gasteiger partial charge in [0.25, 0.3) is 0 Å². The fourth-order valence-corrected chi connectivity index (χ4v) is 3.41. The van der Waals surface area contributed by atoms with Crippen molar-refractivity contribution in [3.63, 3.8) is 0 Å². The molecule has 0 unspecified atom stereocenters. The minimum atomic E-state index is -0.122. The lowest BCUT2D eigenvalue weighted by molar-refractivity contribution is -0.115. The minimum absolute atomic E-state index is 0.122. The van der Waals surface area contributed by atoms with Crippen molar-refractivity contribution in [2.45, 2.75) is 19.3 Å². The molecule has 0 bridgehead atoms. The molecule has 7 heteroatoms. The standard InChI is InChI=1S/C21H19ClN4O2/c22-15-6-7-17-18(11-15)25-19(28)10-14-12-23-21(26-20(14)17)24-16-5-1-3-13(9-16)4-2-8-27/h1,3,5-7,9,11-12,27H,2,4,8,10H2,(H,25,28)(H,23,24,26). The number of rotatable bonds is 5. The van der Waals surface area contributed by atoms with Gasteiger partial charge < -0.3 is 15.7 Å². The first-order valence-corrected chi connectivity index (χ1v) is 9.43. The van der Waals surface area contributed by atoms with E-state index in [4.69, 9.17) is 16.7 Å². The number of aryl methyl sites for hydroxylation is 1. The Bertz CT molecular complexity index is 1040. The van der Waals surface area contributed by atoms with Gasteiger partial charge in [-0.25, -0.2) is 9.97 Å². The number of fused-ring (bicyclic) bond motifs is 3. The Balaban J connectivity index is 1.68. The molecule has 0 fully saturated rings. The normalized spacial score (nSPS) is 12.6. The van der Waals surface area contributed by atoms with Crippen LogP contribution in [0.2, 0.25) is 5.02 Å². The largest absolute Gasteiger partial charge is 0.396 e. The van der Waals surface area contributed by atoms with Crippen LogP contribution in [0, 0.1) is 0 Å². The van der Waals surface area contributed by atoms with Crippen molar-refractivity contribution in [3.8, 4) is 11.3 Å². The van der Waals surface area contributed by atoms with Crippen LogP contribution >= 0.6 is 11.6 Å². The van der Waals surface area contributed by atoms with Gasteiger partial charge in [-0.3, -0.25) is 4.79 Å². The van der Waals surface area contributed by atoms with Crippen LogP contribution in [-0.4, -0.2) is 27.6 Å². The monoisotopic (exact) mass is 394 g/mol. The number of anilines is 3. The van der Waals surface area contributed by atoms with Crippen molar-refractivity contribution in [3.05, 3.63) is 64.8 Å². The number of nitrogens with one attached hydrogen (secondary N) is 2. The van der Waals surface area contributed by atoms with E-state index >= 15 is 0 Å². The van der Waals surface area contributed by atoms with E-state index in [-0.39, 0.29) is 18.9 Å². The predicted molar refractivity (Wildman–Crippen MR) is 110 cm³/mol. The fraction of sp³-hybridized carbons (Fsp3) is 0.190. The number of carbonyl (C=O) groups excluding carboxylic acids is 1. The molecule has 0 aliphatic carbocycles. The third kappa shape index (κ3) is 3.98. The molecule has 0 atom stereocenters. The van der Waals surface area contributed by atoms with Crippen LogP contribution in [0.5, 0.6) is 0 Å². The summed E-state index contributed by atoms with van der Waals surface area (Å²) < 4.78 is 0. The summed E-state index contributed by atoms with van der Waals surface area (Å²) in [5.41, 5.74) is 4.93. The van der Waals surface area contributed by atoms with Gasteiger partial charge in [0.2, 0.25) is 11.9 Å². The number of nitrogens with zero attached hydrogens (tertiary/aromatic N) is 2. The molecule has 1 amide bonds. The maximum absolute atomic E-state index is 12.2. The Morgan fingerprint density at radius 3 is 2.96 bits per heavy atom. The van der Waals surface area contributed by atoms with E-state index in [0.29, 0.717) is 22.4 Å². The summed E-state index contributed by atoms with van der Waals surface area (Å²) in [6.07, 6.45) is 3.42. The van der Waals surface area contributed by atoms with Gasteiger partial charge in [-0.1, -0.05) is 23.7 Å². The van der Waals surface area contributed by atoms with Gasteiger partial charge in [-0.15, -0.1) is 0 Å². The quantitative estimate of drug-likeness (QED) is 0.609. The Kier molecular flexibility index (Phi) is 5.23. The first-order valence-electron chi connectivity index (χ1n) is 9.05. The van der Waals surface area contributed by atoms with Crippen molar-refractivity contribution in [1.82, 2.24) is 9.97 Å². The van der Waals surface area contributed by atoms with Gasteiger partial charge in [0.05, 0.1) is 17.8 Å². The molecule has 2 aromatic carbocycles. The summed E-state index contributed by atoms with van der Waals surface area (Å²) >= 11 is 6.08. The molecule has 0 spiro atoms. The second-order valence-corrected chi connectivity index (χ2v) is 7.07. The lowest BCUT2D eigenvalue weighted by Crippen LogP contribution is -2.12. The highest BCUT2D eigenvalue weighted by Crippen LogP contribution is 2.34. The molecule has 3 N–H and O–H groups in total. The Hall–Kier alpha value is -2.96. The van der Waals surface area contributed by atoms with Crippen LogP contribution in [0.1, 0.15) is 17.5 Å². The van der Waals surface area contributed by atoms with Gasteiger partial charge in [0, 0.05) is 34.6 Å². The highest BCUT2D eigenvalue weighted by atomic mass is 35.5. The molecule has 1 aromatic heterocycles. The van der Waals surface area contributed by atoms with E-state index in [1.165, 1.54) is 0 Å². The van der Waals surface area contributed by atoms with Crippen molar-refractivity contribution >= 4 is 34.8 Å². The smallest absolute Gasteiger partial charge is 0.228 e. The molecule has 0 saturated heterocycles. The summed E-state index contributed by atoms with van der Waals surface area (Å²) in [4.78, 5) is 21.2. The van der Waals surface area contributed by atoms with Crippen LogP contribution in [0.3, 0.4) is 0 Å². The molecular formula is C21H19ClN4O2. The zero-order valence-electron chi connectivity index (χ0n) is 15.1. The maximum atomic E-state index is 12.2. The Morgan fingerprint density at radius 2 is 2.11 bits per heavy atom. The third-order valence-corrected chi connectivity index (χ3v) is 4.77. The summed E-state index contributed by atoms with van der Waals surface area (Å²) in [7, 11) is 0. The molecule has 2 heterocycles. The molecule has 0 radical (unpaired) electrons. The van der Waals surface area contributed by atoms with Gasteiger partial charge in [0.15, 0.2) is 0 Å². The fourth-order valence-electron chi connectivity index (χ4n) is 3.24. The topological polar surface area (TPSA) is 87.1 Å². The number of halogens is 1. The van der Waals surface area contributed by atoms with E-state index in [2.05, 4.69) is 20.6 Å². The summed E-state index contributed by atoms with van der Waals surface area (Å²) in [6.45, 7) is 0.168. The van der Waals surface area contributed by atoms with E-state index in [1.807, 2.05) is 30.3 Å². The van der Waals surface area contributed by atoms with Gasteiger partial charge >= 0.3 is 0 Å². The van der Waals surface area contributed by atoms with E-state index < -0.39 is 0 Å². The number of aliphatic hydroxyl groups excluding tert-OH is 1. The van der Waals surface area contributed by atoms with E-state index in [1.54, 1.807) is 18.3 Å². The Labute approximate surface area is 167 Å². The lowest BCUT2D eigenvalue weighted by Gasteiger charge is -2.11. The number of hydrogen-bond acceptors (Lipinski definition) is 5. The highest BCUT2D eigenvalue weighted by molar-refractivity contribution is 6.31. The summed E-state index contributed by atoms with van der Waals surface area (Å²) in [6, 6.07) is 13.3. The molecule has 3 aromatic rings. The second-order valence-electron chi connectivity index (χ2n) is 6.63. The lowest BCUT2D eigenvalue weighted by atomic mass is 10.1. The highest BCUT2D eigenvalue weighted by Gasteiger charge is 2.21. The van der Waals surface area contributed by atoms with Crippen molar-refractivity contribution in [1.29, 1.82) is 0 Å². The van der Waals surface area contributed by atoms with Crippen LogP contribution in [0.4, 0.5) is 17.3 Å². The van der Waals surface area contributed by atoms with Crippen molar-refractivity contribution in [2.75, 3.05) is 17.2 Å². The van der Waals surface area contributed by atoms with Gasteiger partial charge in [0.1, 0.15) is 0 Å². The molecule has 4 rings (SSSR count). The van der Waals surface area contributed by atoms with E-state index in [9.17, 15) is 4.79 Å². The number of carbonyl (C=O) groups is 1.